The van der Waals surface area contributed by atoms with Crippen LogP contribution in [0.1, 0.15) is 19.3 Å². The largest absolute Gasteiger partial charge is 0.480 e. The summed E-state index contributed by atoms with van der Waals surface area (Å²) >= 11 is 0. The van der Waals surface area contributed by atoms with E-state index in [0.717, 1.165) is 25.9 Å². The predicted octanol–water partition coefficient (Wildman–Crippen LogP) is -0.997. The van der Waals surface area contributed by atoms with Crippen molar-refractivity contribution < 1.29 is 23.1 Å². The molecule has 17 heavy (non-hydrogen) atoms. The van der Waals surface area contributed by atoms with Crippen LogP contribution in [0.5, 0.6) is 0 Å². The molecule has 1 aliphatic rings. The van der Waals surface area contributed by atoms with Gasteiger partial charge in [-0.3, -0.25) is 9.59 Å². The summed E-state index contributed by atoms with van der Waals surface area (Å²) in [4.78, 5) is 23.4. The van der Waals surface area contributed by atoms with Crippen LogP contribution in [0, 0.1) is 0 Å². The molecule has 0 aromatic heterocycles. The van der Waals surface area contributed by atoms with E-state index in [-0.39, 0.29) is 18.9 Å². The molecule has 8 heteroatoms. The molecule has 1 amide bonds. The molecular weight excluding hydrogens is 248 g/mol. The quantitative estimate of drug-likeness (QED) is 0.640. The molecular formula is C9H16N2O5S. The van der Waals surface area contributed by atoms with Crippen LogP contribution >= 0.6 is 0 Å². The molecule has 0 radical (unpaired) electrons. The number of amides is 1. The Hall–Kier alpha value is -1.15. The Labute approximate surface area is 99.8 Å². The first kappa shape index (κ1) is 13.9. The Kier molecular flexibility index (Phi) is 4.88. The van der Waals surface area contributed by atoms with Crippen LogP contribution in [0.2, 0.25) is 0 Å². The van der Waals surface area contributed by atoms with Gasteiger partial charge in [-0.05, 0) is 12.8 Å². The number of sulfonamides is 1. The van der Waals surface area contributed by atoms with Crippen LogP contribution in [0.4, 0.5) is 0 Å². The van der Waals surface area contributed by atoms with Crippen molar-refractivity contribution in [3.05, 3.63) is 0 Å². The molecule has 1 heterocycles. The van der Waals surface area contributed by atoms with Gasteiger partial charge in [-0.2, -0.15) is 0 Å². The average Bonchev–Trinajstić information content (AvgIpc) is 2.67. The number of nitrogens with one attached hydrogen (secondary N) is 1. The normalized spacial score (nSPS) is 16.1. The van der Waals surface area contributed by atoms with E-state index in [9.17, 15) is 18.0 Å². The van der Waals surface area contributed by atoms with E-state index >= 15 is 0 Å². The minimum absolute atomic E-state index is 0.0506. The summed E-state index contributed by atoms with van der Waals surface area (Å²) in [6, 6.07) is 0. The van der Waals surface area contributed by atoms with E-state index in [2.05, 4.69) is 4.72 Å². The fraction of sp³-hybridized carbons (Fsp3) is 0.778. The third-order valence-electron chi connectivity index (χ3n) is 2.43. The lowest BCUT2D eigenvalue weighted by atomic mass is 10.4. The zero-order valence-electron chi connectivity index (χ0n) is 9.39. The van der Waals surface area contributed by atoms with Crippen molar-refractivity contribution in [1.82, 2.24) is 9.62 Å². The zero-order chi connectivity index (χ0) is 12.9. The van der Waals surface area contributed by atoms with Crippen LogP contribution in [0.25, 0.3) is 0 Å². The van der Waals surface area contributed by atoms with Gasteiger partial charge in [-0.15, -0.1) is 0 Å². The number of hydrogen-bond donors (Lipinski definition) is 2. The van der Waals surface area contributed by atoms with E-state index in [0.29, 0.717) is 0 Å². The SMILES string of the molecule is O=C(O)CS(=O)(=O)NCCC(=O)N1CCCC1. The topological polar surface area (TPSA) is 104 Å². The van der Waals surface area contributed by atoms with Crippen molar-refractivity contribution in [1.29, 1.82) is 0 Å². The lowest BCUT2D eigenvalue weighted by molar-refractivity contribution is -0.134. The highest BCUT2D eigenvalue weighted by Crippen LogP contribution is 2.08. The second kappa shape index (κ2) is 5.97. The molecule has 0 atom stereocenters. The summed E-state index contributed by atoms with van der Waals surface area (Å²) in [5, 5.41) is 8.34. The number of carboxylic acids is 1. The summed E-state index contributed by atoms with van der Waals surface area (Å²) in [6.07, 6.45) is 2.03. The Morgan fingerprint density at radius 2 is 1.82 bits per heavy atom. The average molecular weight is 264 g/mol. The van der Waals surface area contributed by atoms with E-state index in [1.807, 2.05) is 0 Å². The van der Waals surface area contributed by atoms with Crippen molar-refractivity contribution in [2.75, 3.05) is 25.4 Å². The number of rotatable bonds is 6. The summed E-state index contributed by atoms with van der Waals surface area (Å²) in [7, 11) is -3.82. The standard InChI is InChI=1S/C9H16N2O5S/c12-8(11-5-1-2-6-11)3-4-10-17(15,16)7-9(13)14/h10H,1-7H2,(H,13,14). The van der Waals surface area contributed by atoms with Crippen LogP contribution in [-0.4, -0.2) is 55.7 Å². The second-order valence-electron chi connectivity index (χ2n) is 3.89. The molecule has 7 nitrogen and oxygen atoms in total. The number of hydrogen-bond acceptors (Lipinski definition) is 4. The molecule has 0 spiro atoms. The van der Waals surface area contributed by atoms with E-state index < -0.39 is 21.7 Å². The van der Waals surface area contributed by atoms with Gasteiger partial charge in [-0.1, -0.05) is 0 Å². The Balaban J connectivity index is 2.27. The summed E-state index contributed by atoms with van der Waals surface area (Å²) < 4.78 is 24.3. The first-order valence-corrected chi connectivity index (χ1v) is 7.03. The van der Waals surface area contributed by atoms with Crippen LogP contribution in [0.15, 0.2) is 0 Å². The number of carboxylic acid groups (broad SMARTS) is 1. The van der Waals surface area contributed by atoms with E-state index in [1.165, 1.54) is 0 Å². The highest BCUT2D eigenvalue weighted by atomic mass is 32.2. The first-order valence-electron chi connectivity index (χ1n) is 5.37. The molecule has 1 aliphatic heterocycles. The fourth-order valence-electron chi connectivity index (χ4n) is 1.65. The van der Waals surface area contributed by atoms with Gasteiger partial charge < -0.3 is 10.0 Å². The maximum absolute atomic E-state index is 11.5. The van der Waals surface area contributed by atoms with Gasteiger partial charge in [0.15, 0.2) is 5.75 Å². The third kappa shape index (κ3) is 5.14. The van der Waals surface area contributed by atoms with Crippen molar-refractivity contribution in [2.45, 2.75) is 19.3 Å². The summed E-state index contributed by atoms with van der Waals surface area (Å²) in [5.74, 6) is -2.48. The molecule has 0 unspecified atom stereocenters. The van der Waals surface area contributed by atoms with E-state index in [4.69, 9.17) is 5.11 Å². The number of likely N-dealkylation sites (tertiary alicyclic amines) is 1. The predicted molar refractivity (Wildman–Crippen MR) is 59.9 cm³/mol. The van der Waals surface area contributed by atoms with Crippen molar-refractivity contribution >= 4 is 21.9 Å². The number of nitrogens with zero attached hydrogens (tertiary/aromatic N) is 1. The van der Waals surface area contributed by atoms with Crippen molar-refractivity contribution in [3.63, 3.8) is 0 Å². The smallest absolute Gasteiger partial charge is 0.320 e. The lowest BCUT2D eigenvalue weighted by Crippen LogP contribution is -2.35. The van der Waals surface area contributed by atoms with Crippen molar-refractivity contribution in [3.8, 4) is 0 Å². The summed E-state index contributed by atoms with van der Waals surface area (Å²) in [6.45, 7) is 1.40. The summed E-state index contributed by atoms with van der Waals surface area (Å²) in [5.41, 5.74) is 0. The molecule has 0 aromatic rings. The Bertz CT molecular complexity index is 386. The van der Waals surface area contributed by atoms with Crippen LogP contribution < -0.4 is 4.72 Å². The fourth-order valence-corrected chi connectivity index (χ4v) is 2.49. The zero-order valence-corrected chi connectivity index (χ0v) is 10.2. The van der Waals surface area contributed by atoms with Crippen molar-refractivity contribution in [2.24, 2.45) is 0 Å². The molecule has 0 aliphatic carbocycles. The third-order valence-corrected chi connectivity index (χ3v) is 3.70. The number of carbonyl (C=O) groups is 2. The molecule has 1 fully saturated rings. The van der Waals surface area contributed by atoms with Gasteiger partial charge >= 0.3 is 5.97 Å². The van der Waals surface area contributed by atoms with Gasteiger partial charge in [0.05, 0.1) is 0 Å². The van der Waals surface area contributed by atoms with E-state index in [1.54, 1.807) is 4.90 Å². The maximum atomic E-state index is 11.5. The minimum Gasteiger partial charge on any atom is -0.480 e. The lowest BCUT2D eigenvalue weighted by Gasteiger charge is -2.14. The second-order valence-corrected chi connectivity index (χ2v) is 5.69. The minimum atomic E-state index is -3.82. The maximum Gasteiger partial charge on any atom is 0.320 e. The van der Waals surface area contributed by atoms with Gasteiger partial charge in [0.1, 0.15) is 0 Å². The highest BCUT2D eigenvalue weighted by Gasteiger charge is 2.19. The van der Waals surface area contributed by atoms with Crippen LogP contribution in [-0.2, 0) is 19.6 Å². The number of carbonyl (C=O) groups excluding carboxylic acids is 1. The van der Waals surface area contributed by atoms with Gasteiger partial charge in [0.25, 0.3) is 0 Å². The monoisotopic (exact) mass is 264 g/mol. The molecule has 0 saturated carbocycles. The molecule has 2 N–H and O–H groups in total. The molecule has 98 valence electrons. The Morgan fingerprint density at radius 3 is 2.35 bits per heavy atom. The Morgan fingerprint density at radius 1 is 1.24 bits per heavy atom. The molecule has 1 saturated heterocycles. The van der Waals surface area contributed by atoms with Crippen LogP contribution in [0.3, 0.4) is 0 Å². The van der Waals surface area contributed by atoms with Gasteiger partial charge in [0.2, 0.25) is 15.9 Å². The van der Waals surface area contributed by atoms with Gasteiger partial charge in [0, 0.05) is 26.1 Å². The molecule has 1 rings (SSSR count). The molecule has 0 bridgehead atoms. The highest BCUT2D eigenvalue weighted by molar-refractivity contribution is 7.90. The first-order chi connectivity index (χ1) is 7.91. The number of aliphatic carboxylic acids is 1. The molecule has 0 aromatic carbocycles. The van der Waals surface area contributed by atoms with Gasteiger partial charge in [-0.25, -0.2) is 13.1 Å².